The fourth-order valence-corrected chi connectivity index (χ4v) is 3.07. The lowest BCUT2D eigenvalue weighted by Crippen LogP contribution is -2.13. The van der Waals surface area contributed by atoms with E-state index in [9.17, 15) is 4.79 Å². The molecule has 7 heteroatoms. The Balaban J connectivity index is 1.93. The van der Waals surface area contributed by atoms with E-state index in [0.717, 1.165) is 20.6 Å². The smallest absolute Gasteiger partial charge is 0.256 e. The number of amides is 1. The van der Waals surface area contributed by atoms with Gasteiger partial charge in [0.1, 0.15) is 11.4 Å². The second-order valence-corrected chi connectivity index (χ2v) is 6.14. The van der Waals surface area contributed by atoms with Gasteiger partial charge in [0.25, 0.3) is 5.91 Å². The molecule has 0 unspecified atom stereocenters. The van der Waals surface area contributed by atoms with Gasteiger partial charge in [0.15, 0.2) is 0 Å². The summed E-state index contributed by atoms with van der Waals surface area (Å²) in [4.78, 5) is 12.3. The number of anilines is 1. The van der Waals surface area contributed by atoms with Gasteiger partial charge in [0.05, 0.1) is 22.6 Å². The molecule has 1 aliphatic heterocycles. The minimum absolute atomic E-state index is 0.211. The van der Waals surface area contributed by atoms with Gasteiger partial charge in [-0.25, -0.2) is 0 Å². The fourth-order valence-electron chi connectivity index (χ4n) is 1.77. The lowest BCUT2D eigenvalue weighted by atomic mass is 10.2. The average molecular weight is 416 g/mol. The van der Waals surface area contributed by atoms with Crippen molar-refractivity contribution >= 4 is 68.5 Å². The molecular weight excluding hydrogens is 409 g/mol. The Hall–Kier alpha value is -1.25. The monoisotopic (exact) mass is 415 g/mol. The summed E-state index contributed by atoms with van der Waals surface area (Å²) in [5.74, 6) is -0.211. The van der Waals surface area contributed by atoms with Crippen LogP contribution in [0.25, 0.3) is 0 Å². The maximum absolute atomic E-state index is 12.3. The molecule has 2 aromatic rings. The molecule has 0 bridgehead atoms. The van der Waals surface area contributed by atoms with Crippen molar-refractivity contribution in [2.24, 2.45) is 8.73 Å². The minimum Gasteiger partial charge on any atom is -0.320 e. The highest BCUT2D eigenvalue weighted by atomic mass is 127. The molecule has 0 fully saturated rings. The van der Waals surface area contributed by atoms with E-state index in [2.05, 4.69) is 36.6 Å². The van der Waals surface area contributed by atoms with E-state index in [-0.39, 0.29) is 5.91 Å². The third-order valence-electron chi connectivity index (χ3n) is 2.71. The number of benzene rings is 2. The molecule has 3 rings (SSSR count). The highest BCUT2D eigenvalue weighted by Gasteiger charge is 2.15. The van der Waals surface area contributed by atoms with Crippen LogP contribution in [0.15, 0.2) is 45.1 Å². The number of nitrogens with one attached hydrogen (secondary N) is 1. The Bertz CT molecular complexity index is 787. The van der Waals surface area contributed by atoms with Crippen molar-refractivity contribution in [3.05, 3.63) is 50.6 Å². The molecule has 4 nitrogen and oxygen atoms in total. The maximum Gasteiger partial charge on any atom is 0.256 e. The molecule has 100 valence electrons. The van der Waals surface area contributed by atoms with Crippen molar-refractivity contribution in [3.8, 4) is 0 Å². The van der Waals surface area contributed by atoms with Gasteiger partial charge in [0, 0.05) is 8.59 Å². The van der Waals surface area contributed by atoms with Crippen molar-refractivity contribution in [2.45, 2.75) is 0 Å². The first-order chi connectivity index (χ1) is 9.65. The largest absolute Gasteiger partial charge is 0.320 e. The predicted molar refractivity (Wildman–Crippen MR) is 90.1 cm³/mol. The first-order valence-electron chi connectivity index (χ1n) is 5.63. The molecule has 0 atom stereocenters. The molecular formula is C13H7ClIN3OS. The van der Waals surface area contributed by atoms with Gasteiger partial charge in [-0.3, -0.25) is 4.79 Å². The predicted octanol–water partition coefficient (Wildman–Crippen LogP) is 4.92. The summed E-state index contributed by atoms with van der Waals surface area (Å²) in [5.41, 5.74) is 2.66. The molecule has 0 saturated heterocycles. The van der Waals surface area contributed by atoms with Crippen LogP contribution in [0.3, 0.4) is 0 Å². The third kappa shape index (κ3) is 2.63. The highest BCUT2D eigenvalue weighted by Crippen LogP contribution is 2.38. The van der Waals surface area contributed by atoms with Crippen molar-refractivity contribution in [1.82, 2.24) is 0 Å². The number of carbonyl (C=O) groups is 1. The summed E-state index contributed by atoms with van der Waals surface area (Å²) >= 11 is 9.17. The van der Waals surface area contributed by atoms with E-state index in [1.165, 1.54) is 0 Å². The number of nitrogens with zero attached hydrogens (tertiary/aromatic N) is 2. The van der Waals surface area contributed by atoms with Crippen LogP contribution >= 0.6 is 34.2 Å². The number of fused-ring (bicyclic) bond motifs is 1. The van der Waals surface area contributed by atoms with Crippen LogP contribution in [0.4, 0.5) is 17.1 Å². The summed E-state index contributed by atoms with van der Waals surface area (Å²) in [6, 6.07) is 10.7. The topological polar surface area (TPSA) is 53.8 Å². The SMILES string of the molecule is O=C(Nc1cccc2c1N=S=N2)c1cc(Cl)ccc1I. The normalized spacial score (nSPS) is 11.9. The Kier molecular flexibility index (Phi) is 3.86. The molecule has 1 N–H and O–H groups in total. The fraction of sp³-hybridized carbons (Fsp3) is 0. The summed E-state index contributed by atoms with van der Waals surface area (Å²) < 4.78 is 9.18. The molecule has 0 spiro atoms. The Morgan fingerprint density at radius 3 is 2.95 bits per heavy atom. The Morgan fingerprint density at radius 2 is 2.10 bits per heavy atom. The standard InChI is InChI=1S/C13H7ClIN3OS/c14-7-4-5-9(15)8(6-7)13(19)16-10-2-1-3-11-12(10)18-20-17-11/h1-6H,(H,16,19). The Morgan fingerprint density at radius 1 is 1.25 bits per heavy atom. The number of hydrogen-bond acceptors (Lipinski definition) is 3. The molecule has 0 radical (unpaired) electrons. The van der Waals surface area contributed by atoms with Crippen LogP contribution in [0.1, 0.15) is 10.4 Å². The van der Waals surface area contributed by atoms with Gasteiger partial charge >= 0.3 is 0 Å². The molecule has 2 aromatic carbocycles. The van der Waals surface area contributed by atoms with E-state index in [1.54, 1.807) is 18.2 Å². The van der Waals surface area contributed by atoms with Gasteiger partial charge in [-0.15, -0.1) is 0 Å². The number of halogens is 2. The minimum atomic E-state index is -0.211. The molecule has 20 heavy (non-hydrogen) atoms. The molecule has 1 aliphatic rings. The second kappa shape index (κ2) is 5.63. The highest BCUT2D eigenvalue weighted by molar-refractivity contribution is 14.1. The van der Waals surface area contributed by atoms with Gasteiger partial charge in [-0.2, -0.15) is 8.73 Å². The van der Waals surface area contributed by atoms with Gasteiger partial charge in [0.2, 0.25) is 0 Å². The first kappa shape index (κ1) is 13.7. The van der Waals surface area contributed by atoms with Crippen LogP contribution in [0.2, 0.25) is 5.02 Å². The summed E-state index contributed by atoms with van der Waals surface area (Å²) in [6.45, 7) is 0. The molecule has 1 amide bonds. The second-order valence-electron chi connectivity index (χ2n) is 4.02. The first-order valence-corrected chi connectivity index (χ1v) is 7.81. The zero-order valence-corrected chi connectivity index (χ0v) is 13.7. The summed E-state index contributed by atoms with van der Waals surface area (Å²) in [6.07, 6.45) is 0. The zero-order chi connectivity index (χ0) is 14.1. The van der Waals surface area contributed by atoms with E-state index in [1.807, 2.05) is 18.2 Å². The van der Waals surface area contributed by atoms with Crippen molar-refractivity contribution < 1.29 is 4.79 Å². The molecule has 0 saturated carbocycles. The zero-order valence-electron chi connectivity index (χ0n) is 9.93. The van der Waals surface area contributed by atoms with Crippen LogP contribution in [-0.4, -0.2) is 5.91 Å². The van der Waals surface area contributed by atoms with Crippen molar-refractivity contribution in [1.29, 1.82) is 0 Å². The Labute approximate surface area is 137 Å². The lowest BCUT2D eigenvalue weighted by Gasteiger charge is -2.09. The number of carbonyl (C=O) groups excluding carboxylic acids is 1. The van der Waals surface area contributed by atoms with E-state index in [4.69, 9.17) is 11.6 Å². The van der Waals surface area contributed by atoms with E-state index < -0.39 is 0 Å². The van der Waals surface area contributed by atoms with Gasteiger partial charge in [-0.1, -0.05) is 17.7 Å². The quantitative estimate of drug-likeness (QED) is 0.593. The molecule has 0 aromatic heterocycles. The van der Waals surface area contributed by atoms with Crippen LogP contribution < -0.4 is 5.32 Å². The van der Waals surface area contributed by atoms with E-state index in [0.29, 0.717) is 22.0 Å². The van der Waals surface area contributed by atoms with E-state index >= 15 is 0 Å². The van der Waals surface area contributed by atoms with Crippen molar-refractivity contribution in [3.63, 3.8) is 0 Å². The molecule has 1 heterocycles. The van der Waals surface area contributed by atoms with Crippen LogP contribution in [0.5, 0.6) is 0 Å². The summed E-state index contributed by atoms with van der Waals surface area (Å²) in [5, 5.41) is 3.39. The van der Waals surface area contributed by atoms with Gasteiger partial charge in [-0.05, 0) is 52.9 Å². The molecule has 0 aliphatic carbocycles. The van der Waals surface area contributed by atoms with Crippen LogP contribution in [0, 0.1) is 3.57 Å². The lowest BCUT2D eigenvalue weighted by molar-refractivity contribution is 0.102. The average Bonchev–Trinajstić information content (AvgIpc) is 2.91. The maximum atomic E-state index is 12.3. The van der Waals surface area contributed by atoms with Gasteiger partial charge < -0.3 is 5.32 Å². The van der Waals surface area contributed by atoms with Crippen LogP contribution in [-0.2, 0) is 11.4 Å². The number of rotatable bonds is 2. The summed E-state index contributed by atoms with van der Waals surface area (Å²) in [7, 11) is 0. The third-order valence-corrected chi connectivity index (χ3v) is 4.43. The number of hydrogen-bond donors (Lipinski definition) is 1. The van der Waals surface area contributed by atoms with Crippen molar-refractivity contribution in [2.75, 3.05) is 5.32 Å².